The highest BCUT2D eigenvalue weighted by Gasteiger charge is 2.75. The van der Waals surface area contributed by atoms with Gasteiger partial charge in [-0.3, -0.25) is 0 Å². The molecule has 0 aromatic rings. The Morgan fingerprint density at radius 3 is 2.96 bits per heavy atom. The number of hydrogen-bond donors (Lipinski definition) is 0. The zero-order valence-electron chi connectivity index (χ0n) is 17.0. The van der Waals surface area contributed by atoms with Gasteiger partial charge in [0.15, 0.2) is 0 Å². The van der Waals surface area contributed by atoms with Crippen LogP contribution >= 0.6 is 0 Å². The molecule has 0 aromatic heterocycles. The molecule has 0 heterocycles. The fraction of sp³-hybridized carbons (Fsp3) is 0.833. The van der Waals surface area contributed by atoms with Crippen LogP contribution in [0.1, 0.15) is 78.1 Å². The van der Waals surface area contributed by atoms with E-state index in [0.717, 1.165) is 43.1 Å². The molecule has 2 heteroatoms. The number of hydrogen-bond acceptors (Lipinski definition) is 2. The monoisotopic (exact) mass is 356 g/mol. The number of methoxy groups -OCH3 is 1. The lowest BCUT2D eigenvalue weighted by Crippen LogP contribution is -2.48. The molecule has 0 unspecified atom stereocenters. The van der Waals surface area contributed by atoms with Gasteiger partial charge < -0.3 is 9.47 Å². The van der Waals surface area contributed by atoms with E-state index in [1.54, 1.807) is 5.57 Å². The molecule has 5 aliphatic carbocycles. The molecule has 6 atom stereocenters. The fourth-order valence-corrected chi connectivity index (χ4v) is 7.65. The summed E-state index contributed by atoms with van der Waals surface area (Å²) in [6.07, 6.45) is 15.4. The normalized spacial score (nSPS) is 46.0. The molecule has 3 fully saturated rings. The lowest BCUT2D eigenvalue weighted by molar-refractivity contribution is -0.104. The summed E-state index contributed by atoms with van der Waals surface area (Å²) in [4.78, 5) is 0. The molecular formula is C24H36O2. The predicted molar refractivity (Wildman–Crippen MR) is 105 cm³/mol. The van der Waals surface area contributed by atoms with Crippen molar-refractivity contribution in [2.45, 2.75) is 83.7 Å². The smallest absolute Gasteiger partial charge is 0.0959 e. The lowest BCUT2D eigenvalue weighted by atomic mass is 9.53. The minimum absolute atomic E-state index is 0.266. The molecule has 2 nitrogen and oxygen atoms in total. The van der Waals surface area contributed by atoms with E-state index in [-0.39, 0.29) is 5.60 Å². The van der Waals surface area contributed by atoms with Crippen molar-refractivity contribution in [1.29, 1.82) is 0 Å². The Bertz CT molecular complexity index is 647. The molecule has 0 radical (unpaired) electrons. The van der Waals surface area contributed by atoms with Crippen molar-refractivity contribution in [3.8, 4) is 0 Å². The summed E-state index contributed by atoms with van der Waals surface area (Å²) < 4.78 is 12.2. The van der Waals surface area contributed by atoms with E-state index in [4.69, 9.17) is 9.47 Å². The van der Waals surface area contributed by atoms with Crippen LogP contribution in [0.5, 0.6) is 0 Å². The second-order valence-corrected chi connectivity index (χ2v) is 9.98. The van der Waals surface area contributed by atoms with Crippen LogP contribution in [-0.2, 0) is 9.47 Å². The number of allylic oxidation sites excluding steroid dienone is 3. The van der Waals surface area contributed by atoms with Crippen molar-refractivity contribution in [2.24, 2.45) is 29.1 Å². The van der Waals surface area contributed by atoms with Gasteiger partial charge in [0, 0.05) is 13.0 Å². The summed E-state index contributed by atoms with van der Waals surface area (Å²) in [7, 11) is 1.83. The molecular weight excluding hydrogens is 320 g/mol. The number of fused-ring (bicyclic) bond motifs is 6. The van der Waals surface area contributed by atoms with Crippen LogP contribution in [0.3, 0.4) is 0 Å². The van der Waals surface area contributed by atoms with Crippen molar-refractivity contribution < 1.29 is 9.47 Å². The van der Waals surface area contributed by atoms with Crippen LogP contribution < -0.4 is 0 Å². The first-order chi connectivity index (χ1) is 12.6. The van der Waals surface area contributed by atoms with E-state index < -0.39 is 0 Å². The van der Waals surface area contributed by atoms with E-state index >= 15 is 0 Å². The van der Waals surface area contributed by atoms with E-state index in [9.17, 15) is 0 Å². The Hall–Kier alpha value is -0.760. The van der Waals surface area contributed by atoms with Crippen LogP contribution in [0.2, 0.25) is 0 Å². The summed E-state index contributed by atoms with van der Waals surface area (Å²) in [5.74, 6) is 4.76. The number of ether oxygens (including phenoxy) is 2. The van der Waals surface area contributed by atoms with Crippen LogP contribution in [0, 0.1) is 29.1 Å². The maximum atomic E-state index is 6.65. The van der Waals surface area contributed by atoms with Crippen molar-refractivity contribution in [2.75, 3.05) is 13.7 Å². The van der Waals surface area contributed by atoms with Gasteiger partial charge in [-0.15, -0.1) is 0 Å². The predicted octanol–water partition coefficient (Wildman–Crippen LogP) is 6.03. The molecule has 0 aromatic carbocycles. The maximum absolute atomic E-state index is 6.65. The van der Waals surface area contributed by atoms with Crippen LogP contribution in [-0.4, -0.2) is 19.3 Å². The van der Waals surface area contributed by atoms with Crippen LogP contribution in [0.4, 0.5) is 0 Å². The van der Waals surface area contributed by atoms with Crippen molar-refractivity contribution >= 4 is 0 Å². The summed E-state index contributed by atoms with van der Waals surface area (Å²) in [5.41, 5.74) is 4.26. The second kappa shape index (κ2) is 6.12. The molecule has 0 bridgehead atoms. The number of unbranched alkanes of at least 4 members (excludes halogenated alkanes) is 1. The van der Waals surface area contributed by atoms with Gasteiger partial charge in [-0.1, -0.05) is 31.4 Å². The minimum atomic E-state index is 0.266. The fourth-order valence-electron chi connectivity index (χ4n) is 7.65. The van der Waals surface area contributed by atoms with Gasteiger partial charge in [0.05, 0.1) is 18.5 Å². The molecule has 3 saturated carbocycles. The van der Waals surface area contributed by atoms with E-state index in [2.05, 4.69) is 19.9 Å². The van der Waals surface area contributed by atoms with Gasteiger partial charge >= 0.3 is 0 Å². The van der Waals surface area contributed by atoms with E-state index in [1.165, 1.54) is 57.1 Å². The molecule has 0 spiro atoms. The topological polar surface area (TPSA) is 18.5 Å². The third-order valence-corrected chi connectivity index (χ3v) is 9.12. The second-order valence-electron chi connectivity index (χ2n) is 9.98. The summed E-state index contributed by atoms with van der Waals surface area (Å²) in [5, 5.41) is 0. The molecule has 5 rings (SSSR count). The molecule has 26 heavy (non-hydrogen) atoms. The highest BCUT2D eigenvalue weighted by Crippen LogP contribution is 2.75. The Labute approximate surface area is 159 Å². The third-order valence-electron chi connectivity index (χ3n) is 9.12. The van der Waals surface area contributed by atoms with Gasteiger partial charge in [0.1, 0.15) is 0 Å². The average molecular weight is 357 g/mol. The first-order valence-corrected chi connectivity index (χ1v) is 11.2. The summed E-state index contributed by atoms with van der Waals surface area (Å²) >= 11 is 0. The molecule has 0 amide bonds. The van der Waals surface area contributed by atoms with Gasteiger partial charge in [0.2, 0.25) is 0 Å². The lowest BCUT2D eigenvalue weighted by Gasteiger charge is -2.53. The van der Waals surface area contributed by atoms with Crippen molar-refractivity contribution in [3.05, 3.63) is 23.0 Å². The Morgan fingerprint density at radius 2 is 2.15 bits per heavy atom. The quantitative estimate of drug-likeness (QED) is 0.442. The first kappa shape index (κ1) is 17.3. The average Bonchev–Trinajstić information content (AvgIpc) is 3.32. The van der Waals surface area contributed by atoms with E-state index in [0.29, 0.717) is 5.41 Å². The first-order valence-electron chi connectivity index (χ1n) is 11.2. The minimum Gasteiger partial charge on any atom is -0.501 e. The highest BCUT2D eigenvalue weighted by atomic mass is 16.5. The highest BCUT2D eigenvalue weighted by molar-refractivity contribution is 5.34. The SMILES string of the molecule is CCCCO[C@@]12C[C@@H]1C[C@H]1[C@@H]3CCC4=C(CC=C(OC)C4)[C@H]3CC[C@@]12C. The largest absolute Gasteiger partial charge is 0.501 e. The van der Waals surface area contributed by atoms with E-state index in [1.807, 2.05) is 12.7 Å². The van der Waals surface area contributed by atoms with Crippen LogP contribution in [0.15, 0.2) is 23.0 Å². The summed E-state index contributed by atoms with van der Waals surface area (Å²) in [6, 6.07) is 0. The standard InChI is InChI=1S/C24H36O2/c1-4-5-12-26-24-15-17(24)14-22-21-8-6-16-13-18(25-3)7-9-19(16)20(21)10-11-23(22,24)2/h7,17,20-22H,4-6,8-15H2,1-3H3/t17-,20+,21+,22-,23-,24-/m0/s1. The number of rotatable bonds is 5. The third kappa shape index (κ3) is 2.26. The molecule has 5 aliphatic rings. The molecule has 0 N–H and O–H groups in total. The van der Waals surface area contributed by atoms with Crippen molar-refractivity contribution in [1.82, 2.24) is 0 Å². The molecule has 0 saturated heterocycles. The Morgan fingerprint density at radius 1 is 1.27 bits per heavy atom. The van der Waals surface area contributed by atoms with Gasteiger partial charge in [0.25, 0.3) is 0 Å². The zero-order chi connectivity index (χ0) is 17.9. The van der Waals surface area contributed by atoms with Gasteiger partial charge in [-0.25, -0.2) is 0 Å². The van der Waals surface area contributed by atoms with Gasteiger partial charge in [-0.05, 0) is 86.5 Å². The Kier molecular flexibility index (Phi) is 4.09. The van der Waals surface area contributed by atoms with Crippen LogP contribution in [0.25, 0.3) is 0 Å². The van der Waals surface area contributed by atoms with Gasteiger partial charge in [-0.2, -0.15) is 0 Å². The Balaban J connectivity index is 1.36. The van der Waals surface area contributed by atoms with Crippen molar-refractivity contribution in [3.63, 3.8) is 0 Å². The summed E-state index contributed by atoms with van der Waals surface area (Å²) in [6.45, 7) is 5.88. The molecule has 144 valence electrons. The zero-order valence-corrected chi connectivity index (χ0v) is 17.0. The molecule has 0 aliphatic heterocycles. The maximum Gasteiger partial charge on any atom is 0.0959 e.